The van der Waals surface area contributed by atoms with E-state index in [1.165, 1.54) is 22.9 Å². The summed E-state index contributed by atoms with van der Waals surface area (Å²) in [5.74, 6) is -2.50. The minimum Gasteiger partial charge on any atom is -0.348 e. The molecule has 180 valence electrons. The number of benzene rings is 2. The number of aromatic nitrogens is 3. The average Bonchev–Trinajstić information content (AvgIpc) is 3.29. The fraction of sp³-hybridized carbons (Fsp3) is 0.0741. The van der Waals surface area contributed by atoms with Crippen molar-refractivity contribution in [2.24, 2.45) is 0 Å². The molecule has 0 aliphatic heterocycles. The number of nitrogens with one attached hydrogen (secondary N) is 2. The van der Waals surface area contributed by atoms with Gasteiger partial charge >= 0.3 is 0 Å². The molecule has 0 aliphatic carbocycles. The maximum Gasteiger partial charge on any atom is 0.263 e. The highest BCUT2D eigenvalue weighted by Crippen LogP contribution is 2.29. The summed E-state index contributed by atoms with van der Waals surface area (Å²) in [6.07, 6.45) is 4.92. The Morgan fingerprint density at radius 3 is 2.72 bits per heavy atom. The zero-order chi connectivity index (χ0) is 25.2. The van der Waals surface area contributed by atoms with Gasteiger partial charge in [0.05, 0.1) is 11.6 Å². The van der Waals surface area contributed by atoms with Crippen LogP contribution in [0.2, 0.25) is 5.02 Å². The van der Waals surface area contributed by atoms with Crippen molar-refractivity contribution in [1.29, 1.82) is 0 Å². The van der Waals surface area contributed by atoms with Crippen LogP contribution in [0, 0.1) is 11.6 Å². The van der Waals surface area contributed by atoms with Crippen molar-refractivity contribution < 1.29 is 13.6 Å². The van der Waals surface area contributed by atoms with E-state index in [0.717, 1.165) is 39.9 Å². The predicted molar refractivity (Wildman–Crippen MR) is 134 cm³/mol. The number of nitrogens with zero attached hydrogens (tertiary/aromatic N) is 2. The molecule has 2 N–H and O–H groups in total. The number of halogens is 3. The molecule has 1 amide bonds. The smallest absolute Gasteiger partial charge is 0.263 e. The minimum absolute atomic E-state index is 0.00267. The predicted octanol–water partition coefficient (Wildman–Crippen LogP) is 5.30. The first-order valence-electron chi connectivity index (χ1n) is 11.0. The van der Waals surface area contributed by atoms with Gasteiger partial charge in [-0.1, -0.05) is 35.9 Å². The van der Waals surface area contributed by atoms with Gasteiger partial charge in [-0.05, 0) is 53.1 Å². The van der Waals surface area contributed by atoms with Crippen molar-refractivity contribution in [2.45, 2.75) is 13.1 Å². The van der Waals surface area contributed by atoms with Crippen LogP contribution >= 0.6 is 11.6 Å². The molecule has 2 aromatic carbocycles. The van der Waals surface area contributed by atoms with Crippen LogP contribution in [0.5, 0.6) is 0 Å². The summed E-state index contributed by atoms with van der Waals surface area (Å²) < 4.78 is 28.0. The van der Waals surface area contributed by atoms with E-state index < -0.39 is 23.1 Å². The van der Waals surface area contributed by atoms with Gasteiger partial charge in [0.15, 0.2) is 11.6 Å². The van der Waals surface area contributed by atoms with Crippen molar-refractivity contribution in [3.8, 4) is 11.1 Å². The molecule has 0 atom stereocenters. The highest BCUT2D eigenvalue weighted by Gasteiger charge is 2.14. The zero-order valence-corrected chi connectivity index (χ0v) is 19.5. The van der Waals surface area contributed by atoms with Crippen molar-refractivity contribution in [2.75, 3.05) is 0 Å². The van der Waals surface area contributed by atoms with Gasteiger partial charge in [-0.3, -0.25) is 9.59 Å². The van der Waals surface area contributed by atoms with Gasteiger partial charge in [0.2, 0.25) is 0 Å². The van der Waals surface area contributed by atoms with Gasteiger partial charge in [0.25, 0.3) is 11.5 Å². The van der Waals surface area contributed by atoms with E-state index in [4.69, 9.17) is 11.6 Å². The second-order valence-electron chi connectivity index (χ2n) is 8.24. The van der Waals surface area contributed by atoms with Gasteiger partial charge < -0.3 is 14.9 Å². The highest BCUT2D eigenvalue weighted by atomic mass is 35.5. The minimum atomic E-state index is -0.997. The highest BCUT2D eigenvalue weighted by molar-refractivity contribution is 6.31. The summed E-state index contributed by atoms with van der Waals surface area (Å²) in [4.78, 5) is 33.1. The molecule has 36 heavy (non-hydrogen) atoms. The summed E-state index contributed by atoms with van der Waals surface area (Å²) in [7, 11) is 0. The molecule has 0 saturated carbocycles. The molecular formula is C27H19ClF2N4O2. The molecule has 9 heteroatoms. The van der Waals surface area contributed by atoms with E-state index >= 15 is 0 Å². The molecule has 0 fully saturated rings. The Bertz CT molecular complexity index is 1660. The molecule has 0 bridgehead atoms. The fourth-order valence-electron chi connectivity index (χ4n) is 4.01. The third-order valence-corrected chi connectivity index (χ3v) is 6.00. The summed E-state index contributed by atoms with van der Waals surface area (Å²) >= 11 is 6.11. The Morgan fingerprint density at radius 1 is 1.03 bits per heavy atom. The van der Waals surface area contributed by atoms with Crippen LogP contribution in [-0.4, -0.2) is 20.4 Å². The molecule has 0 aliphatic rings. The summed E-state index contributed by atoms with van der Waals surface area (Å²) in [6.45, 7) is 0.203. The maximum absolute atomic E-state index is 13.5. The number of carbonyl (C=O) groups excluding carboxylic acids is 1. The largest absolute Gasteiger partial charge is 0.348 e. The van der Waals surface area contributed by atoms with Crippen LogP contribution in [0.3, 0.4) is 0 Å². The Morgan fingerprint density at radius 2 is 1.89 bits per heavy atom. The Labute approximate surface area is 209 Å². The first-order valence-corrected chi connectivity index (χ1v) is 11.4. The topological polar surface area (TPSA) is 79.8 Å². The van der Waals surface area contributed by atoms with Crippen molar-refractivity contribution >= 4 is 28.5 Å². The Hall–Kier alpha value is -4.30. The SMILES string of the molecule is O=C(NCc1cccc(-c2c[nH]c3ncc(Cl)cc23)c1)c1cccn(Cc2ccc(F)c(F)c2)c1=O. The van der Waals surface area contributed by atoms with Crippen LogP contribution in [0.4, 0.5) is 8.78 Å². The van der Waals surface area contributed by atoms with Crippen LogP contribution in [-0.2, 0) is 13.1 Å². The number of amides is 1. The lowest BCUT2D eigenvalue weighted by molar-refractivity contribution is 0.0949. The number of rotatable bonds is 6. The number of hydrogen-bond acceptors (Lipinski definition) is 3. The van der Waals surface area contributed by atoms with E-state index in [2.05, 4.69) is 15.3 Å². The van der Waals surface area contributed by atoms with Gasteiger partial charge in [-0.2, -0.15) is 0 Å². The second-order valence-corrected chi connectivity index (χ2v) is 8.67. The van der Waals surface area contributed by atoms with Crippen molar-refractivity contribution in [3.05, 3.63) is 123 Å². The van der Waals surface area contributed by atoms with E-state index in [-0.39, 0.29) is 18.7 Å². The Balaban J connectivity index is 1.32. The van der Waals surface area contributed by atoms with Gasteiger partial charge in [0.1, 0.15) is 11.2 Å². The summed E-state index contributed by atoms with van der Waals surface area (Å²) in [5.41, 5.74) is 3.23. The van der Waals surface area contributed by atoms with E-state index in [9.17, 15) is 18.4 Å². The molecule has 3 aromatic heterocycles. The normalized spacial score (nSPS) is 11.1. The summed E-state index contributed by atoms with van der Waals surface area (Å²) in [5, 5.41) is 4.20. The second kappa shape index (κ2) is 9.75. The van der Waals surface area contributed by atoms with Crippen molar-refractivity contribution in [3.63, 3.8) is 0 Å². The van der Waals surface area contributed by atoms with Crippen LogP contribution in [0.1, 0.15) is 21.5 Å². The monoisotopic (exact) mass is 504 g/mol. The third kappa shape index (κ3) is 4.76. The molecule has 0 unspecified atom stereocenters. The quantitative estimate of drug-likeness (QED) is 0.329. The lowest BCUT2D eigenvalue weighted by atomic mass is 10.0. The molecule has 0 saturated heterocycles. The molecule has 6 nitrogen and oxygen atoms in total. The lowest BCUT2D eigenvalue weighted by Crippen LogP contribution is -2.32. The van der Waals surface area contributed by atoms with Gasteiger partial charge in [0, 0.05) is 36.1 Å². The van der Waals surface area contributed by atoms with Gasteiger partial charge in [-0.25, -0.2) is 13.8 Å². The number of hydrogen-bond donors (Lipinski definition) is 2. The van der Waals surface area contributed by atoms with Crippen LogP contribution in [0.15, 0.2) is 84.0 Å². The van der Waals surface area contributed by atoms with Crippen molar-refractivity contribution in [1.82, 2.24) is 19.9 Å². The molecule has 0 radical (unpaired) electrons. The number of pyridine rings is 2. The average molecular weight is 505 g/mol. The molecule has 5 aromatic rings. The number of carbonyl (C=O) groups is 1. The van der Waals surface area contributed by atoms with Crippen LogP contribution in [0.25, 0.3) is 22.2 Å². The fourth-order valence-corrected chi connectivity index (χ4v) is 4.17. The molecule has 0 spiro atoms. The van der Waals surface area contributed by atoms with E-state index in [0.29, 0.717) is 10.6 Å². The number of H-pyrrole nitrogens is 1. The standard InChI is InChI=1S/C27H19ClF2N4O2/c28-19-11-21-22(14-32-25(21)31-13-19)18-4-1-3-16(9-18)12-33-26(35)20-5-2-8-34(27(20)36)15-17-6-7-23(29)24(30)10-17/h1-11,13-14H,12,15H2,(H,31,32)(H,33,35). The zero-order valence-electron chi connectivity index (χ0n) is 18.8. The van der Waals surface area contributed by atoms with Crippen LogP contribution < -0.4 is 10.9 Å². The first kappa shape index (κ1) is 23.4. The third-order valence-electron chi connectivity index (χ3n) is 5.79. The molecular weight excluding hydrogens is 486 g/mol. The Kier molecular flexibility index (Phi) is 6.35. The molecule has 3 heterocycles. The van der Waals surface area contributed by atoms with E-state index in [1.54, 1.807) is 12.3 Å². The lowest BCUT2D eigenvalue weighted by Gasteiger charge is -2.10. The van der Waals surface area contributed by atoms with E-state index in [1.807, 2.05) is 36.5 Å². The number of aromatic amines is 1. The first-order chi connectivity index (χ1) is 17.4. The molecule has 5 rings (SSSR count). The number of fused-ring (bicyclic) bond motifs is 1. The maximum atomic E-state index is 13.5. The van der Waals surface area contributed by atoms with Gasteiger partial charge in [-0.15, -0.1) is 0 Å². The summed E-state index contributed by atoms with van der Waals surface area (Å²) in [6, 6.07) is 15.9.